The number of aromatic nitrogens is 3. The Hall–Kier alpha value is -2.98. The molecule has 3 aromatic rings. The topological polar surface area (TPSA) is 121 Å². The van der Waals surface area contributed by atoms with Crippen molar-refractivity contribution >= 4 is 34.1 Å². The summed E-state index contributed by atoms with van der Waals surface area (Å²) in [6.45, 7) is 2.45. The van der Waals surface area contributed by atoms with Crippen LogP contribution in [-0.4, -0.2) is 45.3 Å². The third kappa shape index (κ3) is 3.10. The first-order valence-electron chi connectivity index (χ1n) is 8.58. The lowest BCUT2D eigenvalue weighted by molar-refractivity contribution is -0.143. The highest BCUT2D eigenvalue weighted by Crippen LogP contribution is 2.26. The molecule has 1 saturated heterocycles. The number of primary amides is 1. The van der Waals surface area contributed by atoms with Gasteiger partial charge in [-0.2, -0.15) is 5.10 Å². The van der Waals surface area contributed by atoms with Crippen molar-refractivity contribution in [3.05, 3.63) is 40.0 Å². The maximum absolute atomic E-state index is 12.9. The van der Waals surface area contributed by atoms with E-state index in [0.29, 0.717) is 29.0 Å². The summed E-state index contributed by atoms with van der Waals surface area (Å²) in [7, 11) is 1.67. The molecule has 0 spiro atoms. The molecule has 3 N–H and O–H groups in total. The molecule has 0 radical (unpaired) electrons. The largest absolute Gasteiger partial charge is 0.488 e. The Bertz CT molecular complexity index is 1070. The van der Waals surface area contributed by atoms with Crippen LogP contribution >= 0.6 is 11.3 Å². The molecule has 4 rings (SSSR count). The van der Waals surface area contributed by atoms with Crippen molar-refractivity contribution in [1.82, 2.24) is 20.1 Å². The standard InChI is InChI=1S/C18H19N5O4S/c1-10-14(28-9-20-10)6-27-11-3-4-13-12(5-11)15(23(2)22-13)16(24)21-18(17(19)25)7-26-8-18/h3-5,9H,6-8H2,1-2H3,(H2,19,25)(H,21,24). The van der Waals surface area contributed by atoms with Gasteiger partial charge in [0, 0.05) is 12.4 Å². The molecular weight excluding hydrogens is 382 g/mol. The van der Waals surface area contributed by atoms with Crippen molar-refractivity contribution in [2.45, 2.75) is 19.1 Å². The number of amides is 2. The Morgan fingerprint density at radius 3 is 2.82 bits per heavy atom. The lowest BCUT2D eigenvalue weighted by Crippen LogP contribution is -2.69. The van der Waals surface area contributed by atoms with Gasteiger partial charge >= 0.3 is 0 Å². The molecule has 0 saturated carbocycles. The second-order valence-corrected chi connectivity index (χ2v) is 7.63. The first-order chi connectivity index (χ1) is 13.4. The SMILES string of the molecule is Cc1ncsc1COc1ccc2nn(C)c(C(=O)NC3(C(N)=O)COC3)c2c1. The van der Waals surface area contributed by atoms with Gasteiger partial charge in [-0.05, 0) is 25.1 Å². The molecule has 0 unspecified atom stereocenters. The predicted octanol–water partition coefficient (Wildman–Crippen LogP) is 0.901. The number of carbonyl (C=O) groups is 2. The monoisotopic (exact) mass is 401 g/mol. The van der Waals surface area contributed by atoms with Crippen LogP contribution in [0, 0.1) is 6.92 Å². The zero-order chi connectivity index (χ0) is 19.9. The number of nitrogens with one attached hydrogen (secondary N) is 1. The van der Waals surface area contributed by atoms with Gasteiger partial charge in [0.25, 0.3) is 5.91 Å². The number of hydrogen-bond donors (Lipinski definition) is 2. The fourth-order valence-electron chi connectivity index (χ4n) is 3.01. The number of nitrogens with two attached hydrogens (primary N) is 1. The number of thiazole rings is 1. The van der Waals surface area contributed by atoms with Crippen LogP contribution in [0.25, 0.3) is 10.9 Å². The quantitative estimate of drug-likeness (QED) is 0.633. The molecule has 3 heterocycles. The number of rotatable bonds is 6. The number of carbonyl (C=O) groups excluding carboxylic acids is 2. The Morgan fingerprint density at radius 2 is 2.21 bits per heavy atom. The summed E-state index contributed by atoms with van der Waals surface area (Å²) in [4.78, 5) is 29.8. The van der Waals surface area contributed by atoms with Crippen LogP contribution in [0.3, 0.4) is 0 Å². The highest BCUT2D eigenvalue weighted by atomic mass is 32.1. The van der Waals surface area contributed by atoms with Crippen LogP contribution in [0.5, 0.6) is 5.75 Å². The van der Waals surface area contributed by atoms with Crippen LogP contribution in [0.4, 0.5) is 0 Å². The summed E-state index contributed by atoms with van der Waals surface area (Å²) in [5.41, 5.74) is 7.93. The maximum atomic E-state index is 12.9. The summed E-state index contributed by atoms with van der Waals surface area (Å²) in [5.74, 6) is -0.455. The fraction of sp³-hybridized carbons (Fsp3) is 0.333. The van der Waals surface area contributed by atoms with Crippen LogP contribution in [0.1, 0.15) is 21.1 Å². The normalized spacial score (nSPS) is 15.2. The molecule has 9 nitrogen and oxygen atoms in total. The Kier molecular flexibility index (Phi) is 4.52. The molecular formula is C18H19N5O4S. The van der Waals surface area contributed by atoms with E-state index in [1.807, 2.05) is 6.92 Å². The van der Waals surface area contributed by atoms with Crippen molar-refractivity contribution in [2.75, 3.05) is 13.2 Å². The van der Waals surface area contributed by atoms with Crippen LogP contribution in [0.15, 0.2) is 23.7 Å². The summed E-state index contributed by atoms with van der Waals surface area (Å²) in [5, 5.41) is 7.69. The van der Waals surface area contributed by atoms with Gasteiger partial charge in [0.05, 0.1) is 34.8 Å². The Labute approximate surface area is 164 Å². The maximum Gasteiger partial charge on any atom is 0.271 e. The number of hydrogen-bond acceptors (Lipinski definition) is 7. The van der Waals surface area contributed by atoms with E-state index in [-0.39, 0.29) is 13.2 Å². The summed E-state index contributed by atoms with van der Waals surface area (Å²) >= 11 is 1.53. The van der Waals surface area contributed by atoms with Crippen molar-refractivity contribution in [3.63, 3.8) is 0 Å². The lowest BCUT2D eigenvalue weighted by Gasteiger charge is -2.38. The molecule has 0 bridgehead atoms. The van der Waals surface area contributed by atoms with Gasteiger partial charge in [0.2, 0.25) is 5.91 Å². The molecule has 1 aliphatic heterocycles. The number of fused-ring (bicyclic) bond motifs is 1. The third-order valence-corrected chi connectivity index (χ3v) is 5.66. The van der Waals surface area contributed by atoms with E-state index in [2.05, 4.69) is 15.4 Å². The van der Waals surface area contributed by atoms with Gasteiger partial charge in [0.1, 0.15) is 18.1 Å². The number of nitrogens with zero attached hydrogens (tertiary/aromatic N) is 3. The molecule has 10 heteroatoms. The van der Waals surface area contributed by atoms with E-state index in [1.165, 1.54) is 16.0 Å². The second kappa shape index (κ2) is 6.88. The Morgan fingerprint density at radius 1 is 1.43 bits per heavy atom. The summed E-state index contributed by atoms with van der Waals surface area (Å²) in [6.07, 6.45) is 0. The van der Waals surface area contributed by atoms with Gasteiger partial charge in [-0.15, -0.1) is 11.3 Å². The Balaban J connectivity index is 1.61. The minimum atomic E-state index is -1.18. The van der Waals surface area contributed by atoms with E-state index in [0.717, 1.165) is 10.6 Å². The molecule has 28 heavy (non-hydrogen) atoms. The van der Waals surface area contributed by atoms with Crippen LogP contribution < -0.4 is 15.8 Å². The molecule has 0 aliphatic carbocycles. The van der Waals surface area contributed by atoms with Gasteiger partial charge in [-0.1, -0.05) is 0 Å². The number of ether oxygens (including phenoxy) is 2. The molecule has 1 aromatic carbocycles. The van der Waals surface area contributed by atoms with Gasteiger partial charge in [-0.3, -0.25) is 14.3 Å². The molecule has 2 aromatic heterocycles. The smallest absolute Gasteiger partial charge is 0.271 e. The van der Waals surface area contributed by atoms with Crippen LogP contribution in [0.2, 0.25) is 0 Å². The van der Waals surface area contributed by atoms with E-state index in [1.54, 1.807) is 30.8 Å². The second-order valence-electron chi connectivity index (χ2n) is 6.69. The molecule has 146 valence electrons. The van der Waals surface area contributed by atoms with Gasteiger partial charge in [0.15, 0.2) is 5.54 Å². The van der Waals surface area contributed by atoms with Crippen molar-refractivity contribution < 1.29 is 19.1 Å². The predicted molar refractivity (Wildman–Crippen MR) is 102 cm³/mol. The van der Waals surface area contributed by atoms with Crippen molar-refractivity contribution in [1.29, 1.82) is 0 Å². The summed E-state index contributed by atoms with van der Waals surface area (Å²) in [6, 6.07) is 5.36. The average Bonchev–Trinajstić information content (AvgIpc) is 3.17. The minimum Gasteiger partial charge on any atom is -0.488 e. The first kappa shape index (κ1) is 18.4. The van der Waals surface area contributed by atoms with E-state index >= 15 is 0 Å². The fourth-order valence-corrected chi connectivity index (χ4v) is 3.70. The summed E-state index contributed by atoms with van der Waals surface area (Å²) < 4.78 is 12.4. The van der Waals surface area contributed by atoms with E-state index in [4.69, 9.17) is 15.2 Å². The highest BCUT2D eigenvalue weighted by Gasteiger charge is 2.46. The number of benzene rings is 1. The third-order valence-electron chi connectivity index (χ3n) is 4.76. The van der Waals surface area contributed by atoms with Crippen molar-refractivity contribution in [3.8, 4) is 5.75 Å². The lowest BCUT2D eigenvalue weighted by atomic mass is 9.96. The van der Waals surface area contributed by atoms with Crippen LogP contribution in [-0.2, 0) is 23.2 Å². The zero-order valence-corrected chi connectivity index (χ0v) is 16.2. The first-order valence-corrected chi connectivity index (χ1v) is 9.46. The van der Waals surface area contributed by atoms with E-state index < -0.39 is 17.4 Å². The molecule has 0 atom stereocenters. The van der Waals surface area contributed by atoms with Crippen molar-refractivity contribution in [2.24, 2.45) is 12.8 Å². The average molecular weight is 401 g/mol. The molecule has 1 fully saturated rings. The van der Waals surface area contributed by atoms with Gasteiger partial charge in [-0.25, -0.2) is 4.98 Å². The minimum absolute atomic E-state index is 0.0619. The van der Waals surface area contributed by atoms with E-state index in [9.17, 15) is 9.59 Å². The molecule has 1 aliphatic rings. The zero-order valence-electron chi connectivity index (χ0n) is 15.4. The molecule has 2 amide bonds. The number of aryl methyl sites for hydroxylation is 2. The highest BCUT2D eigenvalue weighted by molar-refractivity contribution is 7.09. The van der Waals surface area contributed by atoms with Gasteiger partial charge < -0.3 is 20.5 Å².